The second-order valence-electron chi connectivity index (χ2n) is 9.46. The van der Waals surface area contributed by atoms with Crippen LogP contribution >= 0.6 is 0 Å². The zero-order valence-corrected chi connectivity index (χ0v) is 20.6. The highest BCUT2D eigenvalue weighted by Gasteiger charge is 2.19. The van der Waals surface area contributed by atoms with Crippen molar-refractivity contribution in [1.29, 1.82) is 0 Å². The normalized spacial score (nSPS) is 16.5. The Labute approximate surface area is 211 Å². The fourth-order valence-corrected chi connectivity index (χ4v) is 4.80. The van der Waals surface area contributed by atoms with Crippen LogP contribution in [0, 0.1) is 0 Å². The second kappa shape index (κ2) is 9.94. The third kappa shape index (κ3) is 4.87. The van der Waals surface area contributed by atoms with Crippen LogP contribution in [0.4, 0.5) is 34.8 Å². The Morgan fingerprint density at radius 2 is 1.50 bits per heavy atom. The molecule has 2 fully saturated rings. The molecule has 3 aromatic heterocycles. The Bertz CT molecular complexity index is 1310. The van der Waals surface area contributed by atoms with E-state index in [1.807, 2.05) is 54.9 Å². The average Bonchev–Trinajstić information content (AvgIpc) is 3.45. The Hall–Kier alpha value is -3.98. The lowest BCUT2D eigenvalue weighted by Crippen LogP contribution is -2.44. The van der Waals surface area contributed by atoms with Gasteiger partial charge in [0.15, 0.2) is 0 Å². The summed E-state index contributed by atoms with van der Waals surface area (Å²) in [5.41, 5.74) is 2.93. The van der Waals surface area contributed by atoms with Crippen LogP contribution in [0.2, 0.25) is 0 Å². The van der Waals surface area contributed by atoms with Gasteiger partial charge in [-0.1, -0.05) is 18.2 Å². The van der Waals surface area contributed by atoms with Gasteiger partial charge in [-0.15, -0.1) is 0 Å². The van der Waals surface area contributed by atoms with Crippen molar-refractivity contribution in [2.75, 3.05) is 66.7 Å². The lowest BCUT2D eigenvalue weighted by atomic mass is 10.2. The molecule has 2 N–H and O–H groups in total. The van der Waals surface area contributed by atoms with Gasteiger partial charge in [0.05, 0.1) is 23.6 Å². The Balaban J connectivity index is 1.26. The molecule has 5 heterocycles. The number of rotatable bonds is 6. The number of nitrogens with zero attached hydrogens (tertiary/aromatic N) is 7. The Morgan fingerprint density at radius 3 is 2.25 bits per heavy atom. The molecule has 2 saturated heterocycles. The molecule has 2 aliphatic rings. The summed E-state index contributed by atoms with van der Waals surface area (Å²) in [6.45, 7) is 6.19. The van der Waals surface area contributed by atoms with Gasteiger partial charge in [0, 0.05) is 50.3 Å². The van der Waals surface area contributed by atoms with Gasteiger partial charge in [-0.3, -0.25) is 0 Å². The largest absolute Gasteiger partial charge is 0.368 e. The number of fused-ring (bicyclic) bond motifs is 1. The summed E-state index contributed by atoms with van der Waals surface area (Å²) in [7, 11) is 2.17. The van der Waals surface area contributed by atoms with Gasteiger partial charge < -0.3 is 25.3 Å². The lowest BCUT2D eigenvalue weighted by molar-refractivity contribution is 0.313. The molecule has 36 heavy (non-hydrogen) atoms. The van der Waals surface area contributed by atoms with Crippen LogP contribution in [0.5, 0.6) is 0 Å². The fraction of sp³-hybridized carbons (Fsp3) is 0.333. The number of piperazine rings is 1. The number of benzene rings is 1. The maximum atomic E-state index is 4.92. The molecule has 6 rings (SSSR count). The molecule has 0 unspecified atom stereocenters. The number of likely N-dealkylation sites (N-methyl/N-ethyl adjacent to an activating group) is 1. The molecule has 0 amide bonds. The molecule has 0 spiro atoms. The van der Waals surface area contributed by atoms with Crippen molar-refractivity contribution in [2.24, 2.45) is 0 Å². The molecule has 0 aliphatic carbocycles. The third-order valence-corrected chi connectivity index (χ3v) is 6.87. The Kier molecular flexibility index (Phi) is 6.21. The van der Waals surface area contributed by atoms with Crippen LogP contribution in [-0.4, -0.2) is 71.2 Å². The number of anilines is 6. The summed E-state index contributed by atoms with van der Waals surface area (Å²) in [4.78, 5) is 26.0. The smallest absolute Gasteiger partial charge is 0.229 e. The van der Waals surface area contributed by atoms with E-state index in [0.29, 0.717) is 5.95 Å². The first-order chi connectivity index (χ1) is 17.7. The van der Waals surface area contributed by atoms with Gasteiger partial charge in [0.1, 0.15) is 17.5 Å². The fourth-order valence-electron chi connectivity index (χ4n) is 4.80. The minimum Gasteiger partial charge on any atom is -0.368 e. The third-order valence-electron chi connectivity index (χ3n) is 6.87. The highest BCUT2D eigenvalue weighted by Crippen LogP contribution is 2.31. The zero-order chi connectivity index (χ0) is 24.3. The van der Waals surface area contributed by atoms with Crippen molar-refractivity contribution in [3.8, 4) is 0 Å². The predicted molar refractivity (Wildman–Crippen MR) is 146 cm³/mol. The first kappa shape index (κ1) is 22.5. The standard InChI is InChI=1S/C27H31N9/c1-34-13-15-35(16-14-34)21-9-10-24(28-18-21)32-25-17-22-23(19-29-25)31-27(30-20-7-3-2-4-8-20)33-26(22)36-11-5-6-12-36/h2-4,7-10,17-19H,5-6,11-16H2,1H3,(H,28,29,32)(H,30,31,33). The van der Waals surface area contributed by atoms with Crippen molar-refractivity contribution >= 4 is 45.7 Å². The number of hydrogen-bond acceptors (Lipinski definition) is 9. The summed E-state index contributed by atoms with van der Waals surface area (Å²) in [5.74, 6) is 3.03. The van der Waals surface area contributed by atoms with E-state index in [0.717, 1.165) is 79.0 Å². The first-order valence-corrected chi connectivity index (χ1v) is 12.6. The molecule has 0 radical (unpaired) electrons. The lowest BCUT2D eigenvalue weighted by Gasteiger charge is -2.33. The van der Waals surface area contributed by atoms with Crippen LogP contribution in [0.25, 0.3) is 10.9 Å². The number of para-hydroxylation sites is 1. The van der Waals surface area contributed by atoms with Gasteiger partial charge >= 0.3 is 0 Å². The first-order valence-electron chi connectivity index (χ1n) is 12.6. The van der Waals surface area contributed by atoms with Crippen LogP contribution in [-0.2, 0) is 0 Å². The number of nitrogens with one attached hydrogen (secondary N) is 2. The molecular weight excluding hydrogens is 450 g/mol. The maximum absolute atomic E-state index is 4.92. The van der Waals surface area contributed by atoms with Crippen LogP contribution in [0.3, 0.4) is 0 Å². The quantitative estimate of drug-likeness (QED) is 0.420. The highest BCUT2D eigenvalue weighted by molar-refractivity contribution is 5.92. The topological polar surface area (TPSA) is 85.3 Å². The van der Waals surface area contributed by atoms with Gasteiger partial charge in [-0.05, 0) is 50.2 Å². The zero-order valence-electron chi connectivity index (χ0n) is 20.6. The molecule has 4 aromatic rings. The van der Waals surface area contributed by atoms with E-state index in [1.54, 1.807) is 0 Å². The maximum Gasteiger partial charge on any atom is 0.229 e. The summed E-state index contributed by atoms with van der Waals surface area (Å²) in [6, 6.07) is 16.2. The summed E-state index contributed by atoms with van der Waals surface area (Å²) in [6.07, 6.45) is 6.10. The molecule has 9 heteroatoms. The van der Waals surface area contributed by atoms with Crippen molar-refractivity contribution in [1.82, 2.24) is 24.8 Å². The SMILES string of the molecule is CN1CCN(c2ccc(Nc3cc4c(N5CCCC5)nc(Nc5ccccc5)nc4cn3)nc2)CC1. The van der Waals surface area contributed by atoms with E-state index < -0.39 is 0 Å². The molecule has 2 aliphatic heterocycles. The van der Waals surface area contributed by atoms with E-state index in [9.17, 15) is 0 Å². The van der Waals surface area contributed by atoms with Gasteiger partial charge in [-0.25, -0.2) is 15.0 Å². The van der Waals surface area contributed by atoms with Crippen molar-refractivity contribution < 1.29 is 0 Å². The van der Waals surface area contributed by atoms with E-state index in [1.165, 1.54) is 12.8 Å². The minimum atomic E-state index is 0.583. The van der Waals surface area contributed by atoms with Gasteiger partial charge in [0.2, 0.25) is 5.95 Å². The van der Waals surface area contributed by atoms with Gasteiger partial charge in [-0.2, -0.15) is 4.98 Å². The van der Waals surface area contributed by atoms with Crippen molar-refractivity contribution in [2.45, 2.75) is 12.8 Å². The van der Waals surface area contributed by atoms with E-state index in [-0.39, 0.29) is 0 Å². The highest BCUT2D eigenvalue weighted by atomic mass is 15.3. The summed E-state index contributed by atoms with van der Waals surface area (Å²) < 4.78 is 0. The molecule has 1 aromatic carbocycles. The van der Waals surface area contributed by atoms with Crippen molar-refractivity contribution in [3.05, 3.63) is 60.9 Å². The predicted octanol–water partition coefficient (Wildman–Crippen LogP) is 4.26. The molecule has 0 saturated carbocycles. The van der Waals surface area contributed by atoms with Gasteiger partial charge in [0.25, 0.3) is 0 Å². The second-order valence-corrected chi connectivity index (χ2v) is 9.46. The molecule has 184 valence electrons. The van der Waals surface area contributed by atoms with Crippen LogP contribution in [0.15, 0.2) is 60.9 Å². The monoisotopic (exact) mass is 481 g/mol. The molecule has 0 atom stereocenters. The van der Waals surface area contributed by atoms with E-state index in [2.05, 4.69) is 48.4 Å². The summed E-state index contributed by atoms with van der Waals surface area (Å²) in [5, 5.41) is 7.69. The minimum absolute atomic E-state index is 0.583. The molecule has 0 bridgehead atoms. The Morgan fingerprint density at radius 1 is 0.722 bits per heavy atom. The van der Waals surface area contributed by atoms with E-state index in [4.69, 9.17) is 9.97 Å². The van der Waals surface area contributed by atoms with Crippen LogP contribution < -0.4 is 20.4 Å². The molecular formula is C27H31N9. The average molecular weight is 482 g/mol. The number of pyridine rings is 2. The number of hydrogen-bond donors (Lipinski definition) is 2. The number of aromatic nitrogens is 4. The summed E-state index contributed by atoms with van der Waals surface area (Å²) >= 11 is 0. The molecule has 9 nitrogen and oxygen atoms in total. The van der Waals surface area contributed by atoms with E-state index >= 15 is 0 Å². The van der Waals surface area contributed by atoms with Crippen LogP contribution in [0.1, 0.15) is 12.8 Å². The van der Waals surface area contributed by atoms with Crippen molar-refractivity contribution in [3.63, 3.8) is 0 Å².